The Hall–Kier alpha value is -1.49. The minimum absolute atomic E-state index is 0.325. The lowest BCUT2D eigenvalue weighted by molar-refractivity contribution is -0.530. The summed E-state index contributed by atoms with van der Waals surface area (Å²) in [5, 5.41) is 11.9. The largest absolute Gasteiger partial charge is 0.623 e. The predicted molar refractivity (Wildman–Crippen MR) is 74.6 cm³/mol. The van der Waals surface area contributed by atoms with Crippen molar-refractivity contribution < 1.29 is 30.7 Å². The fourth-order valence-electron chi connectivity index (χ4n) is 1.41. The van der Waals surface area contributed by atoms with E-state index < -0.39 is 41.1 Å². The fraction of sp³-hybridized carbons (Fsp3) is 0.364. The van der Waals surface area contributed by atoms with Crippen molar-refractivity contribution in [1.29, 1.82) is 0 Å². The van der Waals surface area contributed by atoms with Gasteiger partial charge in [-0.15, -0.1) is 0 Å². The van der Waals surface area contributed by atoms with Gasteiger partial charge in [-0.05, 0) is 12.1 Å². The van der Waals surface area contributed by atoms with E-state index in [1.807, 2.05) is 0 Å². The molecule has 0 heterocycles. The molecule has 0 aliphatic rings. The van der Waals surface area contributed by atoms with E-state index in [-0.39, 0.29) is 0 Å². The van der Waals surface area contributed by atoms with Gasteiger partial charge in [-0.2, -0.15) is 16.8 Å². The summed E-state index contributed by atoms with van der Waals surface area (Å²) in [4.78, 5) is -1.58. The van der Waals surface area contributed by atoms with Crippen molar-refractivity contribution in [2.45, 2.75) is 36.1 Å². The van der Waals surface area contributed by atoms with Gasteiger partial charge in [-0.1, -0.05) is 6.07 Å². The van der Waals surface area contributed by atoms with Gasteiger partial charge in [0.15, 0.2) is 11.8 Å². The summed E-state index contributed by atoms with van der Waals surface area (Å²) >= 11 is 0. The van der Waals surface area contributed by atoms with Crippen molar-refractivity contribution in [3.05, 3.63) is 29.0 Å². The van der Waals surface area contributed by atoms with Crippen molar-refractivity contribution in [1.82, 2.24) is 0 Å². The third kappa shape index (κ3) is 4.24. The van der Waals surface area contributed by atoms with E-state index in [9.17, 15) is 22.0 Å². The first-order valence-corrected chi connectivity index (χ1v) is 8.52. The standard InChI is InChI=1S/C11H15NO7S2/c1-11(2,3)12(13)7-8-9(20(14,15)16)5-4-6-10(8)21(17,18)19/h4-7H,1-3H3,(H,14,15,16)(H,17,18,19). The first kappa shape index (κ1) is 17.6. The molecule has 0 unspecified atom stereocenters. The third-order valence-electron chi connectivity index (χ3n) is 2.49. The van der Waals surface area contributed by atoms with Gasteiger partial charge in [0.25, 0.3) is 20.2 Å². The molecule has 8 nitrogen and oxygen atoms in total. The zero-order chi connectivity index (χ0) is 16.6. The van der Waals surface area contributed by atoms with E-state index in [0.717, 1.165) is 18.2 Å². The summed E-state index contributed by atoms with van der Waals surface area (Å²) in [5.74, 6) is 0. The molecule has 1 aromatic rings. The number of hydrogen-bond acceptors (Lipinski definition) is 5. The van der Waals surface area contributed by atoms with E-state index in [1.54, 1.807) is 0 Å². The van der Waals surface area contributed by atoms with Crippen LogP contribution in [0.15, 0.2) is 28.0 Å². The average Bonchev–Trinajstić information content (AvgIpc) is 2.24. The molecule has 21 heavy (non-hydrogen) atoms. The van der Waals surface area contributed by atoms with Crippen LogP contribution in [0.4, 0.5) is 0 Å². The Morgan fingerprint density at radius 3 is 1.71 bits per heavy atom. The predicted octanol–water partition coefficient (Wildman–Crippen LogP) is 0.908. The number of hydrogen-bond donors (Lipinski definition) is 2. The molecule has 0 aliphatic carbocycles. The van der Waals surface area contributed by atoms with E-state index in [4.69, 9.17) is 9.11 Å². The molecule has 0 atom stereocenters. The maximum atomic E-state index is 11.9. The second kappa shape index (κ2) is 5.37. The van der Waals surface area contributed by atoms with Gasteiger partial charge in [0, 0.05) is 20.8 Å². The lowest BCUT2D eigenvalue weighted by Crippen LogP contribution is -2.30. The Bertz CT molecular complexity index is 736. The molecule has 0 radical (unpaired) electrons. The smallest absolute Gasteiger partial charge is 0.295 e. The Balaban J connectivity index is 3.84. The number of rotatable bonds is 3. The second-order valence-corrected chi connectivity index (χ2v) is 8.02. The molecule has 0 fully saturated rings. The topological polar surface area (TPSA) is 135 Å². The van der Waals surface area contributed by atoms with E-state index in [2.05, 4.69) is 0 Å². The molecular weight excluding hydrogens is 322 g/mol. The molecule has 0 saturated carbocycles. The number of benzene rings is 1. The zero-order valence-corrected chi connectivity index (χ0v) is 13.1. The highest BCUT2D eigenvalue weighted by molar-refractivity contribution is 7.86. The summed E-state index contributed by atoms with van der Waals surface area (Å²) in [6.45, 7) is 4.54. The lowest BCUT2D eigenvalue weighted by atomic mass is 10.1. The van der Waals surface area contributed by atoms with E-state index in [1.165, 1.54) is 20.8 Å². The summed E-state index contributed by atoms with van der Waals surface area (Å²) in [6.07, 6.45) is 0.701. The average molecular weight is 337 g/mol. The lowest BCUT2D eigenvalue weighted by Gasteiger charge is -2.19. The maximum absolute atomic E-state index is 11.9. The van der Waals surface area contributed by atoms with Crippen LogP contribution in [0.3, 0.4) is 0 Å². The Morgan fingerprint density at radius 1 is 1.05 bits per heavy atom. The highest BCUT2D eigenvalue weighted by Gasteiger charge is 2.27. The fourth-order valence-corrected chi connectivity index (χ4v) is 2.86. The third-order valence-corrected chi connectivity index (χ3v) is 4.31. The summed E-state index contributed by atoms with van der Waals surface area (Å²) < 4.78 is 63.8. The molecule has 0 saturated heterocycles. The maximum Gasteiger partial charge on any atom is 0.295 e. The molecule has 0 aliphatic heterocycles. The van der Waals surface area contributed by atoms with Gasteiger partial charge in [0.05, 0.1) is 5.56 Å². The summed E-state index contributed by atoms with van der Waals surface area (Å²) in [5.41, 5.74) is -1.59. The number of nitrogens with zero attached hydrogens (tertiary/aromatic N) is 1. The van der Waals surface area contributed by atoms with Crippen LogP contribution in [0.5, 0.6) is 0 Å². The molecule has 0 spiro atoms. The molecule has 10 heteroatoms. The molecule has 1 rings (SSSR count). The van der Waals surface area contributed by atoms with Crippen LogP contribution in [0.2, 0.25) is 0 Å². The van der Waals surface area contributed by atoms with Crippen molar-refractivity contribution in [2.24, 2.45) is 0 Å². The van der Waals surface area contributed by atoms with Gasteiger partial charge in [-0.25, -0.2) is 4.74 Å². The Kier molecular flexibility index (Phi) is 4.49. The summed E-state index contributed by atoms with van der Waals surface area (Å²) in [6, 6.07) is 2.87. The SMILES string of the molecule is CC(C)(C)[N+]([O-])=Cc1c(S(=O)(=O)O)cccc1S(=O)(=O)O. The molecule has 118 valence electrons. The second-order valence-electron chi connectivity index (χ2n) is 5.24. The van der Waals surface area contributed by atoms with Crippen LogP contribution in [0, 0.1) is 5.21 Å². The van der Waals surface area contributed by atoms with E-state index >= 15 is 0 Å². The van der Waals surface area contributed by atoms with Crippen molar-refractivity contribution >= 4 is 26.5 Å². The van der Waals surface area contributed by atoms with Crippen LogP contribution in [0.1, 0.15) is 26.3 Å². The Labute approximate surface area is 122 Å². The van der Waals surface area contributed by atoms with Gasteiger partial charge >= 0.3 is 0 Å². The van der Waals surface area contributed by atoms with Crippen molar-refractivity contribution in [3.63, 3.8) is 0 Å². The molecule has 0 bridgehead atoms. The zero-order valence-electron chi connectivity index (χ0n) is 11.5. The van der Waals surface area contributed by atoms with Crippen molar-refractivity contribution in [3.8, 4) is 0 Å². The van der Waals surface area contributed by atoms with Gasteiger partial charge in [-0.3, -0.25) is 9.11 Å². The van der Waals surface area contributed by atoms with Gasteiger partial charge in [0.2, 0.25) is 0 Å². The van der Waals surface area contributed by atoms with Crippen LogP contribution >= 0.6 is 0 Å². The highest BCUT2D eigenvalue weighted by Crippen LogP contribution is 2.22. The van der Waals surface area contributed by atoms with Crippen LogP contribution in [-0.4, -0.2) is 42.4 Å². The molecular formula is C11H15NO7S2. The van der Waals surface area contributed by atoms with Crippen LogP contribution in [-0.2, 0) is 20.2 Å². The molecule has 1 aromatic carbocycles. The molecule has 2 N–H and O–H groups in total. The van der Waals surface area contributed by atoms with Crippen molar-refractivity contribution in [2.75, 3.05) is 0 Å². The first-order chi connectivity index (χ1) is 9.24. The Morgan fingerprint density at radius 2 is 1.43 bits per heavy atom. The minimum atomic E-state index is -4.78. The molecule has 0 aromatic heterocycles. The van der Waals surface area contributed by atoms with Gasteiger partial charge < -0.3 is 5.21 Å². The highest BCUT2D eigenvalue weighted by atomic mass is 32.2. The molecule has 0 amide bonds. The summed E-state index contributed by atoms with van der Waals surface area (Å²) in [7, 11) is -9.56. The van der Waals surface area contributed by atoms with Crippen LogP contribution in [0.25, 0.3) is 0 Å². The normalized spacial score (nSPS) is 14.2. The quantitative estimate of drug-likeness (QED) is 0.275. The van der Waals surface area contributed by atoms with Gasteiger partial charge in [0.1, 0.15) is 9.79 Å². The number of hydroxylamine groups is 1. The van der Waals surface area contributed by atoms with Crippen LogP contribution < -0.4 is 0 Å². The monoisotopic (exact) mass is 337 g/mol. The first-order valence-electron chi connectivity index (χ1n) is 5.64. The van der Waals surface area contributed by atoms with E-state index in [0.29, 0.717) is 11.0 Å². The minimum Gasteiger partial charge on any atom is -0.623 e.